The van der Waals surface area contributed by atoms with Gasteiger partial charge in [-0.25, -0.2) is 12.8 Å². The Morgan fingerprint density at radius 1 is 1.50 bits per heavy atom. The highest BCUT2D eigenvalue weighted by Crippen LogP contribution is 2.40. The average molecular weight is 272 g/mol. The van der Waals surface area contributed by atoms with Crippen molar-refractivity contribution in [3.63, 3.8) is 0 Å². The highest BCUT2D eigenvalue weighted by molar-refractivity contribution is 7.93. The molecule has 5 nitrogen and oxygen atoms in total. The summed E-state index contributed by atoms with van der Waals surface area (Å²) < 4.78 is 35.3. The molecule has 0 aliphatic heterocycles. The number of amides is 1. The summed E-state index contributed by atoms with van der Waals surface area (Å²) in [6.45, 7) is 0. The van der Waals surface area contributed by atoms with Crippen molar-refractivity contribution in [2.75, 3.05) is 11.6 Å². The van der Waals surface area contributed by atoms with Crippen LogP contribution in [0.2, 0.25) is 0 Å². The Labute approximate surface area is 104 Å². The third-order valence-corrected chi connectivity index (χ3v) is 5.32. The van der Waals surface area contributed by atoms with E-state index in [4.69, 9.17) is 0 Å². The first-order valence-electron chi connectivity index (χ1n) is 5.47. The van der Waals surface area contributed by atoms with E-state index in [1.165, 1.54) is 12.3 Å². The molecule has 0 saturated heterocycles. The van der Waals surface area contributed by atoms with Crippen molar-refractivity contribution in [2.24, 2.45) is 0 Å². The Balaban J connectivity index is 2.26. The fourth-order valence-corrected chi connectivity index (χ4v) is 3.39. The van der Waals surface area contributed by atoms with Gasteiger partial charge >= 0.3 is 0 Å². The molecule has 0 aromatic carbocycles. The second-order valence-corrected chi connectivity index (χ2v) is 6.76. The minimum Gasteiger partial charge on any atom is -0.322 e. The molecule has 1 heterocycles. The lowest BCUT2D eigenvalue weighted by Crippen LogP contribution is -2.54. The molecule has 0 radical (unpaired) electrons. The molecule has 18 heavy (non-hydrogen) atoms. The molecule has 1 saturated carbocycles. The van der Waals surface area contributed by atoms with Gasteiger partial charge in [-0.3, -0.25) is 9.78 Å². The summed E-state index contributed by atoms with van der Waals surface area (Å²) in [5, 5.41) is 2.33. The number of nitrogens with one attached hydrogen (secondary N) is 1. The van der Waals surface area contributed by atoms with Gasteiger partial charge in [0.1, 0.15) is 0 Å². The van der Waals surface area contributed by atoms with Crippen LogP contribution in [0.25, 0.3) is 0 Å². The van der Waals surface area contributed by atoms with Gasteiger partial charge in [-0.15, -0.1) is 0 Å². The summed E-state index contributed by atoms with van der Waals surface area (Å²) >= 11 is 0. The van der Waals surface area contributed by atoms with Crippen LogP contribution in [-0.4, -0.2) is 30.3 Å². The Kier molecular flexibility index (Phi) is 3.10. The van der Waals surface area contributed by atoms with Crippen molar-refractivity contribution in [3.05, 3.63) is 24.3 Å². The Morgan fingerprint density at radius 3 is 2.61 bits per heavy atom. The van der Waals surface area contributed by atoms with Crippen molar-refractivity contribution in [1.82, 2.24) is 4.98 Å². The average Bonchev–Trinajstić information content (AvgIpc) is 2.17. The number of pyridine rings is 1. The van der Waals surface area contributed by atoms with Crippen LogP contribution >= 0.6 is 0 Å². The SMILES string of the molecule is CS(=O)(=O)C1(C(=O)Nc2ccncc2F)CCC1. The number of nitrogens with zero attached hydrogens (tertiary/aromatic N) is 1. The third kappa shape index (κ3) is 1.98. The van der Waals surface area contributed by atoms with Gasteiger partial charge in [-0.1, -0.05) is 0 Å². The number of carbonyl (C=O) groups excluding carboxylic acids is 1. The van der Waals surface area contributed by atoms with Gasteiger partial charge in [-0.05, 0) is 25.3 Å². The molecule has 1 aliphatic rings. The zero-order chi connectivity index (χ0) is 13.4. The number of hydrogen-bond donors (Lipinski definition) is 1. The van der Waals surface area contributed by atoms with Gasteiger partial charge < -0.3 is 5.32 Å². The Hall–Kier alpha value is -1.50. The highest BCUT2D eigenvalue weighted by Gasteiger charge is 2.52. The minimum absolute atomic E-state index is 0.0510. The predicted molar refractivity (Wildman–Crippen MR) is 64.3 cm³/mol. The van der Waals surface area contributed by atoms with E-state index in [0.29, 0.717) is 6.42 Å². The van der Waals surface area contributed by atoms with Crippen LogP contribution < -0.4 is 5.32 Å². The molecule has 1 aliphatic carbocycles. The van der Waals surface area contributed by atoms with E-state index in [1.54, 1.807) is 0 Å². The van der Waals surface area contributed by atoms with E-state index in [1.807, 2.05) is 0 Å². The van der Waals surface area contributed by atoms with Crippen LogP contribution in [0.5, 0.6) is 0 Å². The number of sulfone groups is 1. The van der Waals surface area contributed by atoms with Gasteiger partial charge in [-0.2, -0.15) is 0 Å². The van der Waals surface area contributed by atoms with E-state index >= 15 is 0 Å². The molecule has 0 atom stereocenters. The van der Waals surface area contributed by atoms with Crippen LogP contribution in [0.1, 0.15) is 19.3 Å². The quantitative estimate of drug-likeness (QED) is 0.894. The van der Waals surface area contributed by atoms with E-state index < -0.39 is 26.3 Å². The van der Waals surface area contributed by atoms with Crippen LogP contribution in [0.15, 0.2) is 18.5 Å². The molecular formula is C11H13FN2O3S. The molecule has 1 fully saturated rings. The van der Waals surface area contributed by atoms with Crippen molar-refractivity contribution in [3.8, 4) is 0 Å². The van der Waals surface area contributed by atoms with Crippen molar-refractivity contribution in [2.45, 2.75) is 24.0 Å². The first kappa shape index (κ1) is 12.9. The molecule has 1 aromatic rings. The van der Waals surface area contributed by atoms with Crippen molar-refractivity contribution < 1.29 is 17.6 Å². The Bertz CT molecular complexity index is 582. The Morgan fingerprint density at radius 2 is 2.17 bits per heavy atom. The molecule has 0 spiro atoms. The van der Waals surface area contributed by atoms with E-state index in [0.717, 1.165) is 12.5 Å². The smallest absolute Gasteiger partial charge is 0.245 e. The predicted octanol–water partition coefficient (Wildman–Crippen LogP) is 1.13. The van der Waals surface area contributed by atoms with Crippen LogP contribution in [0, 0.1) is 5.82 Å². The molecule has 2 rings (SSSR count). The fourth-order valence-electron chi connectivity index (χ4n) is 1.98. The molecule has 1 aromatic heterocycles. The van der Waals surface area contributed by atoms with Crippen LogP contribution in [0.4, 0.5) is 10.1 Å². The van der Waals surface area contributed by atoms with Gasteiger partial charge in [0.15, 0.2) is 20.4 Å². The summed E-state index contributed by atoms with van der Waals surface area (Å²) in [6, 6.07) is 1.29. The number of hydrogen-bond acceptors (Lipinski definition) is 4. The lowest BCUT2D eigenvalue weighted by atomic mass is 9.83. The second-order valence-electron chi connectivity index (χ2n) is 4.43. The van der Waals surface area contributed by atoms with Gasteiger partial charge in [0.25, 0.3) is 0 Å². The molecule has 98 valence electrons. The summed E-state index contributed by atoms with van der Waals surface area (Å²) in [4.78, 5) is 15.6. The van der Waals surface area contributed by atoms with E-state index in [9.17, 15) is 17.6 Å². The molecule has 1 N–H and O–H groups in total. The molecule has 0 unspecified atom stereocenters. The summed E-state index contributed by atoms with van der Waals surface area (Å²) in [7, 11) is -3.51. The maximum absolute atomic E-state index is 13.3. The maximum Gasteiger partial charge on any atom is 0.245 e. The van der Waals surface area contributed by atoms with Crippen LogP contribution in [0.3, 0.4) is 0 Å². The highest BCUT2D eigenvalue weighted by atomic mass is 32.2. The standard InChI is InChI=1S/C11H13FN2O3S/c1-18(16,17)11(4-2-5-11)10(15)14-9-3-6-13-7-8(9)12/h3,6-7H,2,4-5H2,1H3,(H,13,14,15). The number of carbonyl (C=O) groups is 1. The summed E-state index contributed by atoms with van der Waals surface area (Å²) in [5.41, 5.74) is -0.0510. The van der Waals surface area contributed by atoms with Gasteiger partial charge in [0.2, 0.25) is 5.91 Å². The molecular weight excluding hydrogens is 259 g/mol. The fraction of sp³-hybridized carbons (Fsp3) is 0.455. The van der Waals surface area contributed by atoms with Crippen molar-refractivity contribution in [1.29, 1.82) is 0 Å². The monoisotopic (exact) mass is 272 g/mol. The van der Waals surface area contributed by atoms with E-state index in [2.05, 4.69) is 10.3 Å². The van der Waals surface area contributed by atoms with Crippen molar-refractivity contribution >= 4 is 21.4 Å². The number of aromatic nitrogens is 1. The maximum atomic E-state index is 13.3. The zero-order valence-electron chi connectivity index (χ0n) is 9.81. The summed E-state index contributed by atoms with van der Waals surface area (Å²) in [6.07, 6.45) is 4.57. The number of anilines is 1. The normalized spacial score (nSPS) is 17.9. The molecule has 0 bridgehead atoms. The first-order valence-corrected chi connectivity index (χ1v) is 7.36. The number of halogens is 1. The molecule has 1 amide bonds. The minimum atomic E-state index is -3.51. The summed E-state index contributed by atoms with van der Waals surface area (Å²) in [5.74, 6) is -1.35. The van der Waals surface area contributed by atoms with Crippen LogP contribution in [-0.2, 0) is 14.6 Å². The first-order chi connectivity index (χ1) is 8.37. The largest absolute Gasteiger partial charge is 0.322 e. The van der Waals surface area contributed by atoms with Gasteiger partial charge in [0, 0.05) is 12.5 Å². The zero-order valence-corrected chi connectivity index (χ0v) is 10.6. The topological polar surface area (TPSA) is 76.1 Å². The molecule has 7 heteroatoms. The lowest BCUT2D eigenvalue weighted by Gasteiger charge is -2.38. The van der Waals surface area contributed by atoms with Gasteiger partial charge in [0.05, 0.1) is 11.9 Å². The van der Waals surface area contributed by atoms with E-state index in [-0.39, 0.29) is 18.5 Å². The lowest BCUT2D eigenvalue weighted by molar-refractivity contribution is -0.120. The third-order valence-electron chi connectivity index (χ3n) is 3.31. The number of rotatable bonds is 3. The second kappa shape index (κ2) is 4.31.